The van der Waals surface area contributed by atoms with Crippen molar-refractivity contribution in [3.8, 4) is 0 Å². The molecule has 3 aromatic rings. The highest BCUT2D eigenvalue weighted by Crippen LogP contribution is 2.40. The summed E-state index contributed by atoms with van der Waals surface area (Å²) >= 11 is 1.70. The van der Waals surface area contributed by atoms with Crippen molar-refractivity contribution in [3.05, 3.63) is 41.9 Å². The van der Waals surface area contributed by atoms with Crippen molar-refractivity contribution in [2.75, 3.05) is 24.5 Å². The molecule has 0 bridgehead atoms. The minimum atomic E-state index is -0.0370. The zero-order chi connectivity index (χ0) is 18.3. The van der Waals surface area contributed by atoms with E-state index in [-0.39, 0.29) is 11.4 Å². The quantitative estimate of drug-likeness (QED) is 0.672. The third kappa shape index (κ3) is 2.81. The number of fused-ring (bicyclic) bond motifs is 1. The largest absolute Gasteiger partial charge is 0.472 e. The van der Waals surface area contributed by atoms with Gasteiger partial charge in [-0.3, -0.25) is 4.79 Å². The van der Waals surface area contributed by atoms with Gasteiger partial charge in [0.2, 0.25) is 0 Å². The first-order chi connectivity index (χ1) is 13.3. The van der Waals surface area contributed by atoms with Crippen LogP contribution in [0.4, 0.5) is 5.82 Å². The van der Waals surface area contributed by atoms with Gasteiger partial charge in [-0.15, -0.1) is 11.3 Å². The zero-order valence-electron chi connectivity index (χ0n) is 15.1. The highest BCUT2D eigenvalue weighted by atomic mass is 32.1. The Balaban J connectivity index is 1.40. The summed E-state index contributed by atoms with van der Waals surface area (Å²) < 4.78 is 6.29. The molecule has 1 spiro atoms. The molecule has 0 aliphatic carbocycles. The molecule has 7 heteroatoms. The molecular formula is C20H22N4O2S. The van der Waals surface area contributed by atoms with Crippen LogP contribution in [-0.4, -0.2) is 45.9 Å². The number of aromatic nitrogens is 2. The van der Waals surface area contributed by atoms with Crippen LogP contribution in [0.5, 0.6) is 0 Å². The van der Waals surface area contributed by atoms with E-state index < -0.39 is 0 Å². The number of amides is 1. The average molecular weight is 382 g/mol. The lowest BCUT2D eigenvalue weighted by atomic mass is 9.87. The molecule has 5 heterocycles. The molecule has 2 aliphatic heterocycles. The molecule has 3 aromatic heterocycles. The molecule has 6 nitrogen and oxygen atoms in total. The van der Waals surface area contributed by atoms with Crippen molar-refractivity contribution in [3.63, 3.8) is 0 Å². The Bertz CT molecular complexity index is 954. The van der Waals surface area contributed by atoms with E-state index in [9.17, 15) is 4.79 Å². The van der Waals surface area contributed by atoms with E-state index in [0.29, 0.717) is 5.56 Å². The average Bonchev–Trinajstić information content (AvgIpc) is 3.41. The molecule has 2 saturated heterocycles. The number of likely N-dealkylation sites (tertiary alicyclic amines) is 1. The van der Waals surface area contributed by atoms with Crippen LogP contribution in [0.25, 0.3) is 10.2 Å². The van der Waals surface area contributed by atoms with Crippen LogP contribution in [0.15, 0.2) is 40.8 Å². The predicted molar refractivity (Wildman–Crippen MR) is 105 cm³/mol. The summed E-state index contributed by atoms with van der Waals surface area (Å²) in [6.07, 6.45) is 10.0. The summed E-state index contributed by atoms with van der Waals surface area (Å²) in [5, 5.41) is 2.07. The minimum Gasteiger partial charge on any atom is -0.472 e. The van der Waals surface area contributed by atoms with Crippen LogP contribution in [-0.2, 0) is 0 Å². The second-order valence-electron chi connectivity index (χ2n) is 7.47. The Kier molecular flexibility index (Phi) is 4.11. The molecule has 0 radical (unpaired) electrons. The maximum absolute atomic E-state index is 13.0. The third-order valence-corrected chi connectivity index (χ3v) is 6.95. The van der Waals surface area contributed by atoms with E-state index in [1.54, 1.807) is 36.3 Å². The van der Waals surface area contributed by atoms with Crippen LogP contribution in [0, 0.1) is 0 Å². The Labute approximate surface area is 161 Å². The van der Waals surface area contributed by atoms with Crippen molar-refractivity contribution in [1.29, 1.82) is 0 Å². The van der Waals surface area contributed by atoms with Gasteiger partial charge >= 0.3 is 0 Å². The molecule has 0 N–H and O–H groups in total. The van der Waals surface area contributed by atoms with Crippen molar-refractivity contribution in [1.82, 2.24) is 14.9 Å². The van der Waals surface area contributed by atoms with Gasteiger partial charge < -0.3 is 14.2 Å². The summed E-state index contributed by atoms with van der Waals surface area (Å²) in [4.78, 5) is 26.5. The number of furan rings is 1. The van der Waals surface area contributed by atoms with Crippen LogP contribution < -0.4 is 4.90 Å². The molecular weight excluding hydrogens is 360 g/mol. The maximum Gasteiger partial charge on any atom is 0.257 e. The normalized spacial score (nSPS) is 23.3. The number of hydrogen-bond donors (Lipinski definition) is 0. The Morgan fingerprint density at radius 3 is 2.85 bits per heavy atom. The number of carbonyl (C=O) groups is 1. The zero-order valence-corrected chi connectivity index (χ0v) is 16.0. The fourth-order valence-corrected chi connectivity index (χ4v) is 5.57. The fourth-order valence-electron chi connectivity index (χ4n) is 4.71. The van der Waals surface area contributed by atoms with Crippen molar-refractivity contribution in [2.24, 2.45) is 0 Å². The highest BCUT2D eigenvalue weighted by Gasteiger charge is 2.44. The predicted octanol–water partition coefficient (Wildman–Crippen LogP) is 3.95. The van der Waals surface area contributed by atoms with Crippen molar-refractivity contribution < 1.29 is 9.21 Å². The Morgan fingerprint density at radius 1 is 1.11 bits per heavy atom. The van der Waals surface area contributed by atoms with Gasteiger partial charge in [0.25, 0.3) is 5.91 Å². The summed E-state index contributed by atoms with van der Waals surface area (Å²) in [7, 11) is 0. The topological polar surface area (TPSA) is 62.5 Å². The van der Waals surface area contributed by atoms with Gasteiger partial charge in [0.15, 0.2) is 0 Å². The SMILES string of the molecule is O=C(c1ccoc1)N1CCC[C@@]12CCCN(c1ncnc3ccsc13)CC2. The molecule has 1 amide bonds. The lowest BCUT2D eigenvalue weighted by Gasteiger charge is -2.38. The van der Waals surface area contributed by atoms with E-state index in [0.717, 1.165) is 67.8 Å². The highest BCUT2D eigenvalue weighted by molar-refractivity contribution is 7.17. The molecule has 1 atom stereocenters. The lowest BCUT2D eigenvalue weighted by Crippen LogP contribution is -2.47. The molecule has 2 fully saturated rings. The summed E-state index contributed by atoms with van der Waals surface area (Å²) in [6, 6.07) is 3.82. The van der Waals surface area contributed by atoms with Crippen molar-refractivity contribution in [2.45, 2.75) is 37.6 Å². The molecule has 5 rings (SSSR count). The number of thiophene rings is 1. The maximum atomic E-state index is 13.0. The Hall–Kier alpha value is -2.41. The molecule has 27 heavy (non-hydrogen) atoms. The number of carbonyl (C=O) groups excluding carboxylic acids is 1. The summed E-state index contributed by atoms with van der Waals surface area (Å²) in [5.41, 5.74) is 1.64. The molecule has 2 aliphatic rings. The summed E-state index contributed by atoms with van der Waals surface area (Å²) in [5.74, 6) is 1.15. The standard InChI is InChI=1S/C20H22N4O2S/c25-19(15-3-11-26-13-15)24-9-2-6-20(24)5-1-8-23(10-7-20)18-17-16(4-12-27-17)21-14-22-18/h3-4,11-14H,1-2,5-10H2/t20-/m1/s1. The second kappa shape index (κ2) is 6.64. The van der Waals surface area contributed by atoms with Crippen molar-refractivity contribution >= 4 is 33.3 Å². The molecule has 140 valence electrons. The number of rotatable bonds is 2. The Morgan fingerprint density at radius 2 is 2.00 bits per heavy atom. The van der Waals surface area contributed by atoms with Crippen LogP contribution in [0.2, 0.25) is 0 Å². The van der Waals surface area contributed by atoms with Gasteiger partial charge in [0.05, 0.1) is 22.0 Å². The fraction of sp³-hybridized carbons (Fsp3) is 0.450. The number of anilines is 1. The van der Waals surface area contributed by atoms with Gasteiger partial charge in [-0.05, 0) is 49.6 Å². The summed E-state index contributed by atoms with van der Waals surface area (Å²) in [6.45, 7) is 2.73. The van der Waals surface area contributed by atoms with Crippen LogP contribution in [0.3, 0.4) is 0 Å². The van der Waals surface area contributed by atoms with Crippen LogP contribution >= 0.6 is 11.3 Å². The van der Waals surface area contributed by atoms with Gasteiger partial charge in [-0.25, -0.2) is 9.97 Å². The van der Waals surface area contributed by atoms with Gasteiger partial charge in [0, 0.05) is 25.2 Å². The number of nitrogens with zero attached hydrogens (tertiary/aromatic N) is 4. The van der Waals surface area contributed by atoms with Gasteiger partial charge in [0.1, 0.15) is 18.4 Å². The second-order valence-corrected chi connectivity index (χ2v) is 8.39. The van der Waals surface area contributed by atoms with Gasteiger partial charge in [-0.1, -0.05) is 0 Å². The van der Waals surface area contributed by atoms with E-state index in [4.69, 9.17) is 4.42 Å². The first-order valence-corrected chi connectivity index (χ1v) is 10.4. The van der Waals surface area contributed by atoms with E-state index in [1.165, 1.54) is 0 Å². The number of hydrogen-bond acceptors (Lipinski definition) is 6. The lowest BCUT2D eigenvalue weighted by molar-refractivity contribution is 0.0565. The molecule has 0 aromatic carbocycles. The minimum absolute atomic E-state index is 0.0370. The van der Waals surface area contributed by atoms with E-state index in [1.807, 2.05) is 6.07 Å². The third-order valence-electron chi connectivity index (χ3n) is 6.05. The molecule has 0 unspecified atom stereocenters. The molecule has 0 saturated carbocycles. The first kappa shape index (κ1) is 16.7. The first-order valence-electron chi connectivity index (χ1n) is 9.54. The van der Waals surface area contributed by atoms with Gasteiger partial charge in [-0.2, -0.15) is 0 Å². The van der Waals surface area contributed by atoms with E-state index >= 15 is 0 Å². The smallest absolute Gasteiger partial charge is 0.257 e. The van der Waals surface area contributed by atoms with Crippen LogP contribution in [0.1, 0.15) is 42.5 Å². The monoisotopic (exact) mass is 382 g/mol. The van der Waals surface area contributed by atoms with E-state index in [2.05, 4.69) is 25.1 Å².